The lowest BCUT2D eigenvalue weighted by molar-refractivity contribution is -0.155. The summed E-state index contributed by atoms with van der Waals surface area (Å²) in [5, 5.41) is 0.0589. The van der Waals surface area contributed by atoms with Crippen LogP contribution in [0.2, 0.25) is 18.1 Å². The molecule has 0 aromatic heterocycles. The Labute approximate surface area is 202 Å². The van der Waals surface area contributed by atoms with Crippen molar-refractivity contribution < 1.29 is 18.8 Å². The molecule has 1 aliphatic heterocycles. The van der Waals surface area contributed by atoms with E-state index in [9.17, 15) is 9.59 Å². The first-order valence-corrected chi connectivity index (χ1v) is 15.5. The van der Waals surface area contributed by atoms with Gasteiger partial charge in [0, 0.05) is 24.6 Å². The highest BCUT2D eigenvalue weighted by Gasteiger charge is 2.57. The molecule has 0 spiro atoms. The molecule has 0 bridgehead atoms. The molecule has 6 heteroatoms. The largest absolute Gasteiger partial charge is 0.465 e. The quantitative estimate of drug-likeness (QED) is 0.231. The van der Waals surface area contributed by atoms with Gasteiger partial charge in [-0.3, -0.25) is 14.6 Å². The lowest BCUT2D eigenvalue weighted by Crippen LogP contribution is -2.59. The van der Waals surface area contributed by atoms with E-state index in [4.69, 9.17) is 14.2 Å². The number of nitrogens with zero attached hydrogens (tertiary/aromatic N) is 1. The molecule has 1 fully saturated rings. The number of ketones is 1. The Morgan fingerprint density at radius 1 is 1.24 bits per heavy atom. The molecule has 188 valence electrons. The van der Waals surface area contributed by atoms with Crippen molar-refractivity contribution in [2.45, 2.75) is 105 Å². The minimum absolute atomic E-state index is 0.0589. The van der Waals surface area contributed by atoms with Gasteiger partial charge in [-0.05, 0) is 70.5 Å². The summed E-state index contributed by atoms with van der Waals surface area (Å²) in [7, 11) is -2.10. The maximum Gasteiger partial charge on any atom is 0.311 e. The second-order valence-corrected chi connectivity index (χ2v) is 17.4. The zero-order chi connectivity index (χ0) is 25.2. The van der Waals surface area contributed by atoms with Gasteiger partial charge in [-0.25, -0.2) is 0 Å². The molecule has 33 heavy (non-hydrogen) atoms. The van der Waals surface area contributed by atoms with Gasteiger partial charge in [-0.2, -0.15) is 0 Å². The summed E-state index contributed by atoms with van der Waals surface area (Å²) in [6.45, 7) is 24.1. The van der Waals surface area contributed by atoms with Gasteiger partial charge in [0.1, 0.15) is 5.78 Å². The molecule has 0 aromatic carbocycles. The molecule has 2 aliphatic rings. The highest BCUT2D eigenvalue weighted by Crippen LogP contribution is 2.51. The molecule has 5 nitrogen and oxygen atoms in total. The molecule has 0 radical (unpaired) electrons. The Morgan fingerprint density at radius 3 is 2.36 bits per heavy atom. The van der Waals surface area contributed by atoms with E-state index < -0.39 is 19.1 Å². The third-order valence-corrected chi connectivity index (χ3v) is 12.4. The van der Waals surface area contributed by atoms with Gasteiger partial charge in [0.15, 0.2) is 8.32 Å². The number of rotatable bonds is 8. The zero-order valence-corrected chi connectivity index (χ0v) is 23.5. The van der Waals surface area contributed by atoms with E-state index in [1.165, 1.54) is 0 Å². The third kappa shape index (κ3) is 5.87. The number of esters is 1. The normalized spacial score (nSPS) is 29.1. The summed E-state index contributed by atoms with van der Waals surface area (Å²) in [4.78, 5) is 31.1. The minimum atomic E-state index is -2.10. The van der Waals surface area contributed by atoms with Crippen molar-refractivity contribution in [3.63, 3.8) is 0 Å². The van der Waals surface area contributed by atoms with Crippen LogP contribution in [-0.4, -0.2) is 45.0 Å². The molecule has 0 unspecified atom stereocenters. The van der Waals surface area contributed by atoms with Crippen molar-refractivity contribution in [2.75, 3.05) is 13.2 Å². The number of hydrogen-bond acceptors (Lipinski definition) is 5. The fraction of sp³-hybridized carbons (Fsp3) is 0.815. The van der Waals surface area contributed by atoms with Gasteiger partial charge >= 0.3 is 5.97 Å². The maximum atomic E-state index is 13.8. The number of aliphatic imine (C=N–C) groups is 1. The Kier molecular flexibility index (Phi) is 8.60. The molecule has 0 N–H and O–H groups in total. The minimum Gasteiger partial charge on any atom is -0.465 e. The maximum absolute atomic E-state index is 13.8. The number of carbonyl (C=O) groups excluding carboxylic acids is 2. The van der Waals surface area contributed by atoms with E-state index in [2.05, 4.69) is 47.4 Å². The first-order chi connectivity index (χ1) is 15.1. The number of ether oxygens (including phenoxy) is 1. The standard InChI is InChI=1S/C27H47NO4Si/c1-11-15-27(21-13-12-16-28-21)20(14-17-31-24(30)25(3,4)5)23(19(2)18-22(27)29)32-33(9,10)26(6,7)8/h11,19-20,23H,1,12-18H2,2-10H3/t19-,20+,23-,27+/m0/s1. The van der Waals surface area contributed by atoms with Gasteiger partial charge < -0.3 is 9.16 Å². The van der Waals surface area contributed by atoms with Crippen molar-refractivity contribution in [2.24, 2.45) is 27.7 Å². The second-order valence-electron chi connectivity index (χ2n) is 12.6. The number of carbonyl (C=O) groups is 2. The summed E-state index contributed by atoms with van der Waals surface area (Å²) >= 11 is 0. The summed E-state index contributed by atoms with van der Waals surface area (Å²) in [6, 6.07) is 0. The van der Waals surface area contributed by atoms with Crippen LogP contribution in [0.5, 0.6) is 0 Å². The highest BCUT2D eigenvalue weighted by atomic mass is 28.4. The Morgan fingerprint density at radius 2 is 1.88 bits per heavy atom. The summed E-state index contributed by atoms with van der Waals surface area (Å²) in [5.41, 5.74) is -0.248. The molecule has 4 atom stereocenters. The molecule has 1 heterocycles. The van der Waals surface area contributed by atoms with Crippen LogP contribution in [0.3, 0.4) is 0 Å². The molecular formula is C27H47NO4Si. The second kappa shape index (κ2) is 10.1. The fourth-order valence-electron chi connectivity index (χ4n) is 4.98. The van der Waals surface area contributed by atoms with Gasteiger partial charge in [0.25, 0.3) is 0 Å². The summed E-state index contributed by atoms with van der Waals surface area (Å²) in [5.74, 6) is 0.0465. The zero-order valence-electron chi connectivity index (χ0n) is 22.5. The van der Waals surface area contributed by atoms with E-state index >= 15 is 0 Å². The van der Waals surface area contributed by atoms with E-state index in [0.717, 1.165) is 25.1 Å². The number of allylic oxidation sites excluding steroid dienone is 1. The molecule has 2 rings (SSSR count). The first-order valence-electron chi connectivity index (χ1n) is 12.6. The van der Waals surface area contributed by atoms with Crippen LogP contribution in [0, 0.1) is 22.7 Å². The average Bonchev–Trinajstić information content (AvgIpc) is 3.20. The lowest BCUT2D eigenvalue weighted by atomic mass is 9.56. The fourth-order valence-corrected chi connectivity index (χ4v) is 6.42. The lowest BCUT2D eigenvalue weighted by Gasteiger charge is -2.52. The van der Waals surface area contributed by atoms with E-state index in [-0.39, 0.29) is 41.3 Å². The van der Waals surface area contributed by atoms with Gasteiger partial charge in [0.05, 0.1) is 23.5 Å². The summed E-state index contributed by atoms with van der Waals surface area (Å²) < 4.78 is 12.8. The SMILES string of the molecule is C=CC[C@@]1(C2=NCCC2)C(=O)C[C@H](C)[C@H](O[Si](C)(C)C(C)(C)C)[C@H]1CCOC(=O)C(C)(C)C. The van der Waals surface area contributed by atoms with Crippen LogP contribution >= 0.6 is 0 Å². The van der Waals surface area contributed by atoms with E-state index in [1.54, 1.807) is 0 Å². The molecular weight excluding hydrogens is 430 g/mol. The molecule has 0 amide bonds. The smallest absolute Gasteiger partial charge is 0.311 e. The first kappa shape index (κ1) is 28.0. The van der Waals surface area contributed by atoms with Gasteiger partial charge in [-0.15, -0.1) is 6.58 Å². The number of Topliss-reactive ketones (excluding diaryl/α,β-unsaturated/α-hetero) is 1. The van der Waals surface area contributed by atoms with Crippen molar-refractivity contribution in [3.8, 4) is 0 Å². The molecule has 0 saturated heterocycles. The van der Waals surface area contributed by atoms with Crippen molar-refractivity contribution in [1.29, 1.82) is 0 Å². The predicted molar refractivity (Wildman–Crippen MR) is 138 cm³/mol. The Balaban J connectivity index is 2.50. The summed E-state index contributed by atoms with van der Waals surface area (Å²) in [6.07, 6.45) is 5.25. The Bertz CT molecular complexity index is 774. The van der Waals surface area contributed by atoms with E-state index in [1.807, 2.05) is 26.8 Å². The van der Waals surface area contributed by atoms with Crippen LogP contribution in [0.1, 0.15) is 80.6 Å². The van der Waals surface area contributed by atoms with E-state index in [0.29, 0.717) is 19.3 Å². The molecule has 0 aromatic rings. The highest BCUT2D eigenvalue weighted by molar-refractivity contribution is 6.74. The number of hydrogen-bond donors (Lipinski definition) is 0. The molecule has 1 saturated carbocycles. The predicted octanol–water partition coefficient (Wildman–Crippen LogP) is 6.38. The van der Waals surface area contributed by atoms with Crippen molar-refractivity contribution in [3.05, 3.63) is 12.7 Å². The Hall–Kier alpha value is -1.27. The van der Waals surface area contributed by atoms with Crippen molar-refractivity contribution in [1.82, 2.24) is 0 Å². The van der Waals surface area contributed by atoms with Crippen LogP contribution in [0.25, 0.3) is 0 Å². The topological polar surface area (TPSA) is 65.0 Å². The van der Waals surface area contributed by atoms with Crippen LogP contribution in [-0.2, 0) is 18.8 Å². The molecule has 1 aliphatic carbocycles. The monoisotopic (exact) mass is 477 g/mol. The van der Waals surface area contributed by atoms with Crippen LogP contribution in [0.15, 0.2) is 17.6 Å². The van der Waals surface area contributed by atoms with Gasteiger partial charge in [-0.1, -0.05) is 33.8 Å². The van der Waals surface area contributed by atoms with Crippen LogP contribution in [0.4, 0.5) is 0 Å². The van der Waals surface area contributed by atoms with Gasteiger partial charge in [0.2, 0.25) is 0 Å². The van der Waals surface area contributed by atoms with Crippen LogP contribution < -0.4 is 0 Å². The third-order valence-electron chi connectivity index (χ3n) is 7.96. The average molecular weight is 478 g/mol. The van der Waals surface area contributed by atoms with Crippen molar-refractivity contribution >= 4 is 25.8 Å².